The second-order valence-electron chi connectivity index (χ2n) is 5.43. The topological polar surface area (TPSA) is 7.68 Å². The maximum Gasteiger partial charge on any atom is 0.112 e. The number of hydrogen-bond acceptors (Lipinski definition) is 2. The Kier molecular flexibility index (Phi) is 4.44. The summed E-state index contributed by atoms with van der Waals surface area (Å²) in [6.45, 7) is 8.14. The zero-order valence-electron chi connectivity index (χ0n) is 11.7. The molecule has 1 saturated heterocycles. The second kappa shape index (κ2) is 6.29. The first kappa shape index (κ1) is 14.1. The van der Waals surface area contributed by atoms with E-state index < -0.39 is 0 Å². The number of rotatable bonds is 3. The molecule has 1 aromatic heterocycles. The van der Waals surface area contributed by atoms with E-state index >= 15 is 0 Å². The molecule has 1 aliphatic rings. The van der Waals surface area contributed by atoms with Crippen LogP contribution in [0.25, 0.3) is 0 Å². The van der Waals surface area contributed by atoms with Gasteiger partial charge in [0, 0.05) is 15.5 Å². The van der Waals surface area contributed by atoms with Crippen molar-refractivity contribution in [3.05, 3.63) is 50.6 Å². The average Bonchev–Trinajstić information content (AvgIpc) is 2.86. The van der Waals surface area contributed by atoms with E-state index in [-0.39, 0.29) is 0 Å². The summed E-state index contributed by atoms with van der Waals surface area (Å²) in [6.07, 6.45) is 0. The fourth-order valence-corrected chi connectivity index (χ4v) is 4.37. The lowest BCUT2D eigenvalue weighted by Gasteiger charge is -2.34. The summed E-state index contributed by atoms with van der Waals surface area (Å²) in [6, 6.07) is 11.0. The molecular formula is C16H20BrN2S+. The van der Waals surface area contributed by atoms with E-state index in [1.54, 1.807) is 4.90 Å². The number of quaternary nitrogens is 1. The van der Waals surface area contributed by atoms with Crippen molar-refractivity contribution in [1.29, 1.82) is 0 Å². The molecule has 1 fully saturated rings. The minimum absolute atomic E-state index is 1.16. The highest BCUT2D eigenvalue weighted by molar-refractivity contribution is 9.10. The van der Waals surface area contributed by atoms with Crippen molar-refractivity contribution in [2.24, 2.45) is 0 Å². The van der Waals surface area contributed by atoms with E-state index in [2.05, 4.69) is 63.5 Å². The van der Waals surface area contributed by atoms with Gasteiger partial charge in [-0.2, -0.15) is 0 Å². The largest absolute Gasteiger partial charge is 0.360 e. The van der Waals surface area contributed by atoms with Crippen molar-refractivity contribution in [2.45, 2.75) is 13.5 Å². The summed E-state index contributed by atoms with van der Waals surface area (Å²) in [5.74, 6) is 0. The summed E-state index contributed by atoms with van der Waals surface area (Å²) >= 11 is 5.40. The van der Waals surface area contributed by atoms with Crippen LogP contribution >= 0.6 is 27.3 Å². The summed E-state index contributed by atoms with van der Waals surface area (Å²) in [5, 5.41) is 2.18. The van der Waals surface area contributed by atoms with Crippen molar-refractivity contribution in [2.75, 3.05) is 31.1 Å². The number of hydrogen-bond donors (Lipinski definition) is 1. The predicted molar refractivity (Wildman–Crippen MR) is 89.8 cm³/mol. The van der Waals surface area contributed by atoms with Gasteiger partial charge in [0.25, 0.3) is 0 Å². The summed E-state index contributed by atoms with van der Waals surface area (Å²) in [5.41, 5.74) is 2.79. The minimum atomic E-state index is 1.16. The predicted octanol–water partition coefficient (Wildman–Crippen LogP) is 2.72. The first-order chi connectivity index (χ1) is 9.72. The number of para-hydroxylation sites is 1. The Morgan fingerprint density at radius 3 is 2.65 bits per heavy atom. The van der Waals surface area contributed by atoms with Gasteiger partial charge in [-0.15, -0.1) is 11.3 Å². The number of nitrogens with zero attached hydrogens (tertiary/aromatic N) is 1. The molecule has 20 heavy (non-hydrogen) atoms. The molecule has 0 radical (unpaired) electrons. The van der Waals surface area contributed by atoms with Crippen LogP contribution in [0, 0.1) is 6.92 Å². The second-order valence-corrected chi connectivity index (χ2v) is 7.34. The Labute approximate surface area is 133 Å². The van der Waals surface area contributed by atoms with E-state index in [1.807, 2.05) is 11.3 Å². The Balaban J connectivity index is 1.58. The van der Waals surface area contributed by atoms with Crippen LogP contribution in [-0.2, 0) is 6.54 Å². The van der Waals surface area contributed by atoms with Crippen LogP contribution < -0.4 is 9.80 Å². The average molecular weight is 352 g/mol. The molecule has 0 saturated carbocycles. The lowest BCUT2D eigenvalue weighted by Crippen LogP contribution is -3.13. The first-order valence-electron chi connectivity index (χ1n) is 7.09. The van der Waals surface area contributed by atoms with Gasteiger partial charge >= 0.3 is 0 Å². The number of thiophene rings is 1. The molecule has 0 bridgehead atoms. The maximum atomic E-state index is 3.54. The SMILES string of the molecule is Cc1ccccc1N1CC[NH+](Cc2cc(Br)cs2)CC1. The smallest absolute Gasteiger partial charge is 0.112 e. The van der Waals surface area contributed by atoms with Crippen molar-refractivity contribution < 1.29 is 4.90 Å². The molecular weight excluding hydrogens is 332 g/mol. The van der Waals surface area contributed by atoms with Crippen molar-refractivity contribution in [3.8, 4) is 0 Å². The first-order valence-corrected chi connectivity index (χ1v) is 8.77. The van der Waals surface area contributed by atoms with Gasteiger partial charge in [-0.1, -0.05) is 18.2 Å². The fraction of sp³-hybridized carbons (Fsp3) is 0.375. The Bertz CT molecular complexity index is 573. The van der Waals surface area contributed by atoms with Crippen LogP contribution in [0.2, 0.25) is 0 Å². The fourth-order valence-electron chi connectivity index (χ4n) is 2.85. The van der Waals surface area contributed by atoms with Crippen molar-refractivity contribution in [1.82, 2.24) is 0 Å². The number of aryl methyl sites for hydroxylation is 1. The van der Waals surface area contributed by atoms with Crippen LogP contribution in [0.15, 0.2) is 40.2 Å². The van der Waals surface area contributed by atoms with Gasteiger partial charge in [0.1, 0.15) is 6.54 Å². The summed E-state index contributed by atoms with van der Waals surface area (Å²) in [4.78, 5) is 5.71. The third-order valence-corrected chi connectivity index (χ3v) is 5.67. The number of benzene rings is 1. The molecule has 3 rings (SSSR count). The molecule has 1 aliphatic heterocycles. The molecule has 0 unspecified atom stereocenters. The summed E-state index contributed by atoms with van der Waals surface area (Å²) in [7, 11) is 0. The zero-order valence-corrected chi connectivity index (χ0v) is 14.1. The molecule has 0 spiro atoms. The van der Waals surface area contributed by atoms with Gasteiger partial charge < -0.3 is 9.80 Å². The monoisotopic (exact) mass is 351 g/mol. The Morgan fingerprint density at radius 2 is 2.00 bits per heavy atom. The van der Waals surface area contributed by atoms with E-state index in [4.69, 9.17) is 0 Å². The van der Waals surface area contributed by atoms with Gasteiger partial charge in [0.05, 0.1) is 31.1 Å². The lowest BCUT2D eigenvalue weighted by atomic mass is 10.1. The highest BCUT2D eigenvalue weighted by atomic mass is 79.9. The van der Waals surface area contributed by atoms with E-state index in [9.17, 15) is 0 Å². The molecule has 2 heterocycles. The Morgan fingerprint density at radius 1 is 1.25 bits per heavy atom. The van der Waals surface area contributed by atoms with Crippen LogP contribution in [0.3, 0.4) is 0 Å². The molecule has 0 amide bonds. The summed E-state index contributed by atoms with van der Waals surface area (Å²) < 4.78 is 1.22. The quantitative estimate of drug-likeness (QED) is 0.893. The third kappa shape index (κ3) is 3.25. The Hall–Kier alpha value is -0.840. The minimum Gasteiger partial charge on any atom is -0.360 e. The number of halogens is 1. The molecule has 106 valence electrons. The third-order valence-electron chi connectivity index (χ3n) is 3.97. The molecule has 2 aromatic rings. The molecule has 1 N–H and O–H groups in total. The van der Waals surface area contributed by atoms with Crippen molar-refractivity contribution in [3.63, 3.8) is 0 Å². The highest BCUT2D eigenvalue weighted by Gasteiger charge is 2.21. The van der Waals surface area contributed by atoms with E-state index in [0.717, 1.165) is 19.6 Å². The highest BCUT2D eigenvalue weighted by Crippen LogP contribution is 2.20. The van der Waals surface area contributed by atoms with E-state index in [1.165, 1.54) is 33.7 Å². The van der Waals surface area contributed by atoms with Gasteiger partial charge in [0.15, 0.2) is 0 Å². The molecule has 0 atom stereocenters. The number of nitrogens with one attached hydrogen (secondary N) is 1. The molecule has 2 nitrogen and oxygen atoms in total. The van der Waals surface area contributed by atoms with Crippen LogP contribution in [-0.4, -0.2) is 26.2 Å². The van der Waals surface area contributed by atoms with Gasteiger partial charge in [-0.3, -0.25) is 0 Å². The van der Waals surface area contributed by atoms with Crippen molar-refractivity contribution >= 4 is 33.0 Å². The van der Waals surface area contributed by atoms with Gasteiger partial charge in [-0.25, -0.2) is 0 Å². The molecule has 4 heteroatoms. The lowest BCUT2D eigenvalue weighted by molar-refractivity contribution is -0.914. The maximum absolute atomic E-state index is 3.54. The van der Waals surface area contributed by atoms with Gasteiger partial charge in [0.2, 0.25) is 0 Å². The number of piperazine rings is 1. The number of anilines is 1. The normalized spacial score (nSPS) is 16.6. The molecule has 1 aromatic carbocycles. The van der Waals surface area contributed by atoms with Crippen LogP contribution in [0.1, 0.15) is 10.4 Å². The van der Waals surface area contributed by atoms with Crippen LogP contribution in [0.4, 0.5) is 5.69 Å². The standard InChI is InChI=1S/C16H19BrN2S/c1-13-4-2-3-5-16(13)19-8-6-18(7-9-19)11-15-10-14(17)12-20-15/h2-5,10,12H,6-9,11H2,1H3/p+1. The van der Waals surface area contributed by atoms with Crippen LogP contribution in [0.5, 0.6) is 0 Å². The van der Waals surface area contributed by atoms with E-state index in [0.29, 0.717) is 0 Å². The molecule has 0 aliphatic carbocycles. The van der Waals surface area contributed by atoms with Gasteiger partial charge in [-0.05, 0) is 40.5 Å². The zero-order chi connectivity index (χ0) is 13.9.